The molecule has 2 saturated carbocycles. The third-order valence-corrected chi connectivity index (χ3v) is 7.84. The summed E-state index contributed by atoms with van der Waals surface area (Å²) in [6, 6.07) is 9.46. The predicted octanol–water partition coefficient (Wildman–Crippen LogP) is 5.06. The fraction of sp³-hybridized carbons (Fsp3) is 0.440. The lowest BCUT2D eigenvalue weighted by atomic mass is 9.65. The highest BCUT2D eigenvalue weighted by atomic mass is 32.2. The molecule has 2 aromatic rings. The lowest BCUT2D eigenvalue weighted by molar-refractivity contribution is 0.0554. The number of sulfonamides is 1. The molecule has 2 N–H and O–H groups in total. The van der Waals surface area contributed by atoms with Crippen LogP contribution in [0.4, 0.5) is 5.69 Å². The Bertz CT molecular complexity index is 1250. The highest BCUT2D eigenvalue weighted by molar-refractivity contribution is 7.92. The number of nitrogens with zero attached hydrogens (tertiary/aromatic N) is 1. The van der Waals surface area contributed by atoms with Crippen molar-refractivity contribution in [2.75, 3.05) is 11.3 Å². The van der Waals surface area contributed by atoms with Gasteiger partial charge in [-0.25, -0.2) is 13.2 Å². The van der Waals surface area contributed by atoms with Crippen LogP contribution in [0.5, 0.6) is 5.75 Å². The molecule has 2 fully saturated rings. The molecule has 7 nitrogen and oxygen atoms in total. The van der Waals surface area contributed by atoms with E-state index in [1.165, 1.54) is 18.2 Å². The van der Waals surface area contributed by atoms with Crippen LogP contribution in [0.25, 0.3) is 0 Å². The van der Waals surface area contributed by atoms with Crippen LogP contribution in [-0.2, 0) is 10.0 Å². The molecule has 8 heteroatoms. The van der Waals surface area contributed by atoms with Crippen molar-refractivity contribution in [3.8, 4) is 11.8 Å². The van der Waals surface area contributed by atoms with Crippen LogP contribution in [0, 0.1) is 29.6 Å². The SMILES string of the molecule is Cc1cc(OCC2CC(C)(C)C2)c(NS(=O)(=O)c2cc(C(=O)O)ccc2C2CC2)cc1C#N. The first-order valence-electron chi connectivity index (χ1n) is 11.1. The Labute approximate surface area is 194 Å². The highest BCUT2D eigenvalue weighted by Gasteiger charge is 2.36. The summed E-state index contributed by atoms with van der Waals surface area (Å²) < 4.78 is 35.4. The second kappa shape index (κ2) is 8.38. The van der Waals surface area contributed by atoms with E-state index in [4.69, 9.17) is 4.74 Å². The van der Waals surface area contributed by atoms with Crippen molar-refractivity contribution in [2.24, 2.45) is 11.3 Å². The normalized spacial score (nSPS) is 17.6. The topological polar surface area (TPSA) is 116 Å². The van der Waals surface area contributed by atoms with E-state index in [-0.39, 0.29) is 22.1 Å². The number of benzene rings is 2. The number of aryl methyl sites for hydroxylation is 1. The molecule has 0 heterocycles. The molecule has 0 aromatic heterocycles. The van der Waals surface area contributed by atoms with E-state index in [2.05, 4.69) is 24.6 Å². The molecule has 2 aliphatic rings. The maximum Gasteiger partial charge on any atom is 0.335 e. The third kappa shape index (κ3) is 4.98. The smallest absolute Gasteiger partial charge is 0.335 e. The zero-order valence-electron chi connectivity index (χ0n) is 19.0. The number of aromatic carboxylic acids is 1. The van der Waals surface area contributed by atoms with Gasteiger partial charge in [-0.3, -0.25) is 4.72 Å². The van der Waals surface area contributed by atoms with Crippen LogP contribution >= 0.6 is 0 Å². The molecule has 2 aromatic carbocycles. The standard InChI is InChI=1S/C25H28N2O5S/c1-15-8-22(32-14-16-11-25(2,3)12-16)21(9-19(15)13-26)27-33(30,31)23-10-18(24(28)29)6-7-20(23)17-4-5-17/h6-10,16-17,27H,4-5,11-12,14H2,1-3H3,(H,28,29). The molecule has 2 aliphatic carbocycles. The number of nitrogens with one attached hydrogen (secondary N) is 1. The molecule has 0 radical (unpaired) electrons. The van der Waals surface area contributed by atoms with Crippen molar-refractivity contribution in [1.29, 1.82) is 5.26 Å². The number of ether oxygens (including phenoxy) is 1. The van der Waals surface area contributed by atoms with Crippen molar-refractivity contribution in [3.05, 3.63) is 52.6 Å². The summed E-state index contributed by atoms with van der Waals surface area (Å²) in [4.78, 5) is 11.4. The van der Waals surface area contributed by atoms with Gasteiger partial charge in [0.25, 0.3) is 10.0 Å². The van der Waals surface area contributed by atoms with Crippen LogP contribution in [-0.4, -0.2) is 26.1 Å². The van der Waals surface area contributed by atoms with Gasteiger partial charge >= 0.3 is 5.97 Å². The summed E-state index contributed by atoms with van der Waals surface area (Å²) in [7, 11) is -4.12. The van der Waals surface area contributed by atoms with Gasteiger partial charge in [0, 0.05) is 0 Å². The summed E-state index contributed by atoms with van der Waals surface area (Å²) in [5, 5.41) is 18.8. The van der Waals surface area contributed by atoms with Crippen LogP contribution in [0.15, 0.2) is 35.2 Å². The Morgan fingerprint density at radius 1 is 1.24 bits per heavy atom. The van der Waals surface area contributed by atoms with Crippen molar-refractivity contribution in [2.45, 2.75) is 57.3 Å². The van der Waals surface area contributed by atoms with Gasteiger partial charge in [-0.15, -0.1) is 0 Å². The first kappa shape index (κ1) is 23.1. The van der Waals surface area contributed by atoms with Crippen molar-refractivity contribution < 1.29 is 23.1 Å². The minimum Gasteiger partial charge on any atom is -0.491 e. The van der Waals surface area contributed by atoms with Crippen LogP contribution in [0.3, 0.4) is 0 Å². The zero-order valence-corrected chi connectivity index (χ0v) is 19.8. The Morgan fingerprint density at radius 2 is 1.94 bits per heavy atom. The van der Waals surface area contributed by atoms with Crippen LogP contribution < -0.4 is 9.46 Å². The van der Waals surface area contributed by atoms with E-state index in [1.54, 1.807) is 19.1 Å². The minimum absolute atomic E-state index is 0.0457. The Kier molecular flexibility index (Phi) is 5.87. The van der Waals surface area contributed by atoms with Gasteiger partial charge in [0.1, 0.15) is 5.75 Å². The van der Waals surface area contributed by atoms with Gasteiger partial charge in [-0.2, -0.15) is 5.26 Å². The number of anilines is 1. The van der Waals surface area contributed by atoms with E-state index in [9.17, 15) is 23.6 Å². The molecule has 0 unspecified atom stereocenters. The van der Waals surface area contributed by atoms with Gasteiger partial charge in [0.05, 0.1) is 34.4 Å². The Balaban J connectivity index is 1.67. The summed E-state index contributed by atoms with van der Waals surface area (Å²) in [5.74, 6) is -0.329. The number of carbonyl (C=O) groups is 1. The molecule has 0 atom stereocenters. The van der Waals surface area contributed by atoms with E-state index in [1.807, 2.05) is 0 Å². The maximum absolute atomic E-state index is 13.4. The fourth-order valence-electron chi connectivity index (χ4n) is 4.66. The van der Waals surface area contributed by atoms with Crippen LogP contribution in [0.1, 0.15) is 72.5 Å². The third-order valence-electron chi connectivity index (χ3n) is 6.42. The average molecular weight is 469 g/mol. The summed E-state index contributed by atoms with van der Waals surface area (Å²) in [5.41, 5.74) is 2.03. The van der Waals surface area contributed by atoms with E-state index in [0.29, 0.717) is 40.4 Å². The Hall–Kier alpha value is -3.05. The number of hydrogen-bond donors (Lipinski definition) is 2. The quantitative estimate of drug-likeness (QED) is 0.559. The molecular formula is C25H28N2O5S. The van der Waals surface area contributed by atoms with E-state index >= 15 is 0 Å². The van der Waals surface area contributed by atoms with Crippen molar-refractivity contribution >= 4 is 21.7 Å². The predicted molar refractivity (Wildman–Crippen MR) is 124 cm³/mol. The molecule has 0 amide bonds. The molecule has 0 bridgehead atoms. The number of carboxylic acid groups (broad SMARTS) is 1. The lowest BCUT2D eigenvalue weighted by Gasteiger charge is -2.42. The van der Waals surface area contributed by atoms with Gasteiger partial charge in [0.15, 0.2) is 0 Å². The second-order valence-electron chi connectivity index (χ2n) is 9.96. The molecule has 4 rings (SSSR count). The van der Waals surface area contributed by atoms with Crippen molar-refractivity contribution in [1.82, 2.24) is 0 Å². The molecule has 0 spiro atoms. The number of hydrogen-bond acceptors (Lipinski definition) is 5. The Morgan fingerprint density at radius 3 is 2.52 bits per heavy atom. The average Bonchev–Trinajstić information content (AvgIpc) is 3.56. The highest BCUT2D eigenvalue weighted by Crippen LogP contribution is 2.46. The number of nitriles is 1. The first-order chi connectivity index (χ1) is 15.5. The molecule has 0 aliphatic heterocycles. The molecular weight excluding hydrogens is 440 g/mol. The first-order valence-corrected chi connectivity index (χ1v) is 12.5. The summed E-state index contributed by atoms with van der Waals surface area (Å²) in [6.07, 6.45) is 3.81. The fourth-order valence-corrected chi connectivity index (χ4v) is 6.05. The van der Waals surface area contributed by atoms with Crippen LogP contribution in [0.2, 0.25) is 0 Å². The molecule has 0 saturated heterocycles. The van der Waals surface area contributed by atoms with Crippen molar-refractivity contribution in [3.63, 3.8) is 0 Å². The van der Waals surface area contributed by atoms with Gasteiger partial charge in [-0.05, 0) is 85.3 Å². The van der Waals surface area contributed by atoms with E-state index in [0.717, 1.165) is 25.7 Å². The largest absolute Gasteiger partial charge is 0.491 e. The summed E-state index contributed by atoms with van der Waals surface area (Å²) in [6.45, 7) is 6.65. The summed E-state index contributed by atoms with van der Waals surface area (Å²) >= 11 is 0. The molecule has 33 heavy (non-hydrogen) atoms. The molecule has 174 valence electrons. The van der Waals surface area contributed by atoms with Gasteiger partial charge in [-0.1, -0.05) is 19.9 Å². The monoisotopic (exact) mass is 468 g/mol. The van der Waals surface area contributed by atoms with Gasteiger partial charge in [0.2, 0.25) is 0 Å². The zero-order chi connectivity index (χ0) is 24.0. The van der Waals surface area contributed by atoms with E-state index < -0.39 is 16.0 Å². The second-order valence-corrected chi connectivity index (χ2v) is 11.6. The number of rotatable bonds is 8. The van der Waals surface area contributed by atoms with Gasteiger partial charge < -0.3 is 9.84 Å². The maximum atomic E-state index is 13.4. The minimum atomic E-state index is -4.12. The number of carboxylic acids is 1. The lowest BCUT2D eigenvalue weighted by Crippen LogP contribution is -2.35.